The highest BCUT2D eigenvalue weighted by atomic mass is 32.2. The number of anilines is 1. The molecule has 2 aliphatic heterocycles. The van der Waals surface area contributed by atoms with E-state index in [-0.39, 0.29) is 116 Å². The van der Waals surface area contributed by atoms with Gasteiger partial charge in [0.05, 0.1) is 66.0 Å². The molecule has 2 aliphatic rings. The van der Waals surface area contributed by atoms with E-state index in [0.717, 1.165) is 0 Å². The van der Waals surface area contributed by atoms with E-state index in [2.05, 4.69) is 43.9 Å². The van der Waals surface area contributed by atoms with E-state index in [4.69, 9.17) is 19.9 Å². The van der Waals surface area contributed by atoms with Crippen molar-refractivity contribution < 1.29 is 70.6 Å². The standard InChI is InChI=1S/C63H107N11O15S2/c1-19-39(8)53(72(16)60(83)51(37(4)5)69-58(81)52(38(6)7)71(14)15)45(87-17)30-48(76)73-29-21-23-44(73)54(88-18)40(9)55(78)70-91(85,86)42-26-24-41(25-27-42)66-56(79)43(22-20-28-65-61(64)84)67-57(80)50(36(2)3)68-47(75)32-62(10,11)34-89-35-63(12,13)33-74-49(77)31-46(90)59(74)82/h24-27,36-40,43-46,50-54,90H,19-23,28-35H2,1-18H3,(H,66,79)(H,67,80)(H,68,75)(H,69,81)(H,70,78)(H3,64,65,84)/t39-,40+,43-,44-,45+,46?,50?,51-,52?,53-,54+/m0/s1. The van der Waals surface area contributed by atoms with Gasteiger partial charge in [0.1, 0.15) is 18.1 Å². The summed E-state index contributed by atoms with van der Waals surface area (Å²) in [5.74, 6) is -6.26. The summed E-state index contributed by atoms with van der Waals surface area (Å²) in [6.45, 7) is 24.7. The van der Waals surface area contributed by atoms with Gasteiger partial charge in [-0.25, -0.2) is 17.9 Å². The lowest BCUT2D eigenvalue weighted by atomic mass is 9.89. The predicted molar refractivity (Wildman–Crippen MR) is 348 cm³/mol. The Bertz CT molecular complexity index is 2780. The number of carbonyl (C=O) groups is 10. The Kier molecular flexibility index (Phi) is 30.8. The summed E-state index contributed by atoms with van der Waals surface area (Å²) in [7, 11) is 3.63. The topological polar surface area (TPSA) is 344 Å². The van der Waals surface area contributed by atoms with Gasteiger partial charge in [0.2, 0.25) is 53.2 Å². The summed E-state index contributed by atoms with van der Waals surface area (Å²) in [6, 6.07) is -0.710. The second kappa shape index (κ2) is 35.4. The molecule has 11 amide bonds. The molecular formula is C63H107N11O15S2. The van der Waals surface area contributed by atoms with Gasteiger partial charge in [0.15, 0.2) is 0 Å². The van der Waals surface area contributed by atoms with Crippen LogP contribution in [0.25, 0.3) is 0 Å². The molecule has 26 nitrogen and oxygen atoms in total. The lowest BCUT2D eigenvalue weighted by molar-refractivity contribution is -0.148. The fourth-order valence-electron chi connectivity index (χ4n) is 11.8. The molecule has 2 saturated heterocycles. The molecule has 11 atom stereocenters. The van der Waals surface area contributed by atoms with Gasteiger partial charge in [-0.05, 0) is 93.1 Å². The zero-order valence-corrected chi connectivity index (χ0v) is 58.6. The highest BCUT2D eigenvalue weighted by Gasteiger charge is 2.45. The second-order valence-corrected chi connectivity index (χ2v) is 29.6. The van der Waals surface area contributed by atoms with Gasteiger partial charge in [-0.1, -0.05) is 96.4 Å². The number of thiol groups is 1. The quantitative estimate of drug-likeness (QED) is 0.0268. The van der Waals surface area contributed by atoms with Gasteiger partial charge in [0, 0.05) is 64.8 Å². The molecule has 516 valence electrons. The van der Waals surface area contributed by atoms with Crippen molar-refractivity contribution in [1.82, 2.24) is 45.6 Å². The number of sulfonamides is 1. The molecule has 3 unspecified atom stereocenters. The smallest absolute Gasteiger partial charge is 0.312 e. The van der Waals surface area contributed by atoms with Gasteiger partial charge in [0.25, 0.3) is 10.0 Å². The maximum Gasteiger partial charge on any atom is 0.312 e. The van der Waals surface area contributed by atoms with E-state index < -0.39 is 116 Å². The van der Waals surface area contributed by atoms with E-state index in [1.54, 1.807) is 30.7 Å². The normalized spacial score (nSPS) is 18.7. The van der Waals surface area contributed by atoms with E-state index in [0.29, 0.717) is 25.8 Å². The second-order valence-electron chi connectivity index (χ2n) is 27.3. The van der Waals surface area contributed by atoms with E-state index in [1.807, 2.05) is 88.2 Å². The predicted octanol–water partition coefficient (Wildman–Crippen LogP) is 3.67. The molecule has 0 aromatic heterocycles. The number of rotatable bonds is 37. The third kappa shape index (κ3) is 23.2. The minimum Gasteiger partial charge on any atom is -0.380 e. The number of imide groups is 1. The lowest BCUT2D eigenvalue weighted by Gasteiger charge is -2.41. The molecule has 3 rings (SSSR count). The molecule has 8 N–H and O–H groups in total. The molecular weight excluding hydrogens is 1210 g/mol. The number of benzene rings is 1. The number of methoxy groups -OCH3 is 2. The van der Waals surface area contributed by atoms with Crippen LogP contribution in [0.3, 0.4) is 0 Å². The summed E-state index contributed by atoms with van der Waals surface area (Å²) >= 11 is 4.20. The van der Waals surface area contributed by atoms with Crippen LogP contribution in [0.15, 0.2) is 29.2 Å². The number of nitrogens with one attached hydrogen (secondary N) is 6. The Morgan fingerprint density at radius 2 is 1.40 bits per heavy atom. The van der Waals surface area contributed by atoms with Crippen LogP contribution < -0.4 is 37.0 Å². The average Bonchev–Trinajstić information content (AvgIpc) is 1.82. The molecule has 28 heteroatoms. The van der Waals surface area contributed by atoms with Crippen LogP contribution in [0.2, 0.25) is 0 Å². The fourth-order valence-corrected chi connectivity index (χ4v) is 13.2. The molecule has 0 aliphatic carbocycles. The number of ether oxygens (including phenoxy) is 3. The Morgan fingerprint density at radius 1 is 0.791 bits per heavy atom. The van der Waals surface area contributed by atoms with Crippen LogP contribution in [-0.4, -0.2) is 209 Å². The van der Waals surface area contributed by atoms with Crippen LogP contribution in [0.5, 0.6) is 0 Å². The van der Waals surface area contributed by atoms with Crippen molar-refractivity contribution >= 4 is 87.5 Å². The molecule has 1 aromatic rings. The van der Waals surface area contributed by atoms with Crippen molar-refractivity contribution in [2.45, 2.75) is 200 Å². The zero-order chi connectivity index (χ0) is 69.2. The van der Waals surface area contributed by atoms with Crippen LogP contribution in [0.4, 0.5) is 10.5 Å². The first-order chi connectivity index (χ1) is 42.2. The third-order valence-corrected chi connectivity index (χ3v) is 18.7. The first-order valence-electron chi connectivity index (χ1n) is 31.5. The summed E-state index contributed by atoms with van der Waals surface area (Å²) in [5, 5.41) is 13.0. The Hall–Kier alpha value is -5.94. The first kappa shape index (κ1) is 79.3. The number of likely N-dealkylation sites (tertiary alicyclic amines) is 2. The SMILES string of the molecule is CC[C@H](C)[C@@H]([C@@H](CC(=O)N1CCC[C@H]1[C@H](OC)[C@@H](C)C(=O)NS(=O)(=O)c1ccc(NC(=O)[C@H](CCCNC(N)=O)NC(=O)C(NC(=O)CC(C)(C)COCC(C)(C)CN2C(=O)CC(S)C2=O)C(C)C)cc1)OC)N(C)C(=O)[C@@H](NC(=O)C(C(C)C)N(C)C)C(C)C. The molecule has 91 heavy (non-hydrogen) atoms. The molecule has 2 heterocycles. The van der Waals surface area contributed by atoms with Gasteiger partial charge < -0.3 is 56.3 Å². The minimum atomic E-state index is -4.53. The first-order valence-corrected chi connectivity index (χ1v) is 33.5. The van der Waals surface area contributed by atoms with Crippen molar-refractivity contribution in [2.75, 3.05) is 73.5 Å². The molecule has 0 bridgehead atoms. The maximum absolute atomic E-state index is 14.5. The summed E-state index contributed by atoms with van der Waals surface area (Å²) in [5.41, 5.74) is 4.06. The fraction of sp³-hybridized carbons (Fsp3) is 0.746. The monoisotopic (exact) mass is 1320 g/mol. The Labute approximate surface area is 545 Å². The molecule has 2 fully saturated rings. The number of urea groups is 1. The lowest BCUT2D eigenvalue weighted by Crippen LogP contribution is -2.59. The highest BCUT2D eigenvalue weighted by Crippen LogP contribution is 2.31. The molecule has 0 saturated carbocycles. The zero-order valence-electron chi connectivity index (χ0n) is 56.9. The van der Waals surface area contributed by atoms with Crippen LogP contribution in [-0.2, 0) is 67.4 Å². The Morgan fingerprint density at radius 3 is 1.91 bits per heavy atom. The number of carbonyl (C=O) groups excluding carboxylic acids is 10. The van der Waals surface area contributed by atoms with Crippen molar-refractivity contribution in [2.24, 2.45) is 46.2 Å². The highest BCUT2D eigenvalue weighted by molar-refractivity contribution is 7.90. The van der Waals surface area contributed by atoms with Gasteiger partial charge in [-0.3, -0.25) is 53.0 Å². The summed E-state index contributed by atoms with van der Waals surface area (Å²) in [6.07, 6.45) is -0.0212. The van der Waals surface area contributed by atoms with E-state index in [1.165, 1.54) is 50.3 Å². The average molecular weight is 1320 g/mol. The number of amides is 11. The number of primary amides is 1. The number of hydrogen-bond acceptors (Lipinski definition) is 17. The minimum absolute atomic E-state index is 0.00352. The Balaban J connectivity index is 1.72. The van der Waals surface area contributed by atoms with Crippen molar-refractivity contribution in [1.29, 1.82) is 0 Å². The van der Waals surface area contributed by atoms with Crippen molar-refractivity contribution in [3.05, 3.63) is 24.3 Å². The number of nitrogens with two attached hydrogens (primary N) is 1. The van der Waals surface area contributed by atoms with Crippen molar-refractivity contribution in [3.63, 3.8) is 0 Å². The number of hydrogen-bond donors (Lipinski definition) is 8. The van der Waals surface area contributed by atoms with Gasteiger partial charge >= 0.3 is 6.03 Å². The summed E-state index contributed by atoms with van der Waals surface area (Å²) < 4.78 is 47.7. The van der Waals surface area contributed by atoms with E-state index >= 15 is 0 Å². The van der Waals surface area contributed by atoms with Crippen LogP contribution >= 0.6 is 12.6 Å². The maximum atomic E-state index is 14.5. The number of likely N-dealkylation sites (N-methyl/N-ethyl adjacent to an activating group) is 2. The third-order valence-electron chi connectivity index (χ3n) is 16.9. The van der Waals surface area contributed by atoms with Crippen molar-refractivity contribution in [3.8, 4) is 0 Å². The summed E-state index contributed by atoms with van der Waals surface area (Å²) in [4.78, 5) is 140. The molecule has 0 radical (unpaired) electrons. The molecule has 1 aromatic carbocycles. The van der Waals surface area contributed by atoms with Gasteiger partial charge in [-0.2, -0.15) is 12.6 Å². The number of nitrogens with zero attached hydrogens (tertiary/aromatic N) is 4. The van der Waals surface area contributed by atoms with Crippen LogP contribution in [0.1, 0.15) is 141 Å². The van der Waals surface area contributed by atoms with E-state index in [9.17, 15) is 56.4 Å². The molecule has 0 spiro atoms. The van der Waals surface area contributed by atoms with Crippen LogP contribution in [0, 0.1) is 40.4 Å². The largest absolute Gasteiger partial charge is 0.380 e. The van der Waals surface area contributed by atoms with Gasteiger partial charge in [-0.15, -0.1) is 0 Å².